The molecule has 7 rings (SSSR count). The molecule has 6 unspecified atom stereocenters. The lowest BCUT2D eigenvalue weighted by Crippen LogP contribution is -2.42. The van der Waals surface area contributed by atoms with Gasteiger partial charge in [0.2, 0.25) is 11.8 Å². The number of nitro benzene ring substituents is 1. The van der Waals surface area contributed by atoms with Gasteiger partial charge in [-0.1, -0.05) is 35.1 Å². The summed E-state index contributed by atoms with van der Waals surface area (Å²) in [6, 6.07) is 13.2. The second-order valence-corrected chi connectivity index (χ2v) is 12.4. The highest BCUT2D eigenvalue weighted by molar-refractivity contribution is 8.00. The van der Waals surface area contributed by atoms with Gasteiger partial charge < -0.3 is 4.98 Å². The second-order valence-electron chi connectivity index (χ2n) is 9.80. The van der Waals surface area contributed by atoms with Gasteiger partial charge in [-0.25, -0.2) is 0 Å². The van der Waals surface area contributed by atoms with Crippen molar-refractivity contribution in [2.24, 2.45) is 29.6 Å². The van der Waals surface area contributed by atoms with Gasteiger partial charge in [-0.05, 0) is 54.0 Å². The predicted octanol–water partition coefficient (Wildman–Crippen LogP) is 4.68. The molecular weight excluding hydrogens is 522 g/mol. The van der Waals surface area contributed by atoms with Gasteiger partial charge in [0.05, 0.1) is 27.5 Å². The number of nitro groups is 1. The Morgan fingerprint density at radius 2 is 1.64 bits per heavy atom. The number of benzene rings is 2. The van der Waals surface area contributed by atoms with Crippen molar-refractivity contribution >= 4 is 57.9 Å². The minimum absolute atomic E-state index is 0.00280. The van der Waals surface area contributed by atoms with Gasteiger partial charge in [0.25, 0.3) is 5.69 Å². The van der Waals surface area contributed by atoms with E-state index < -0.39 is 16.8 Å². The molecule has 182 valence electrons. The number of nitrogens with one attached hydrogen (secondary N) is 1. The lowest BCUT2D eigenvalue weighted by Gasteiger charge is -2.43. The molecule has 2 saturated carbocycles. The summed E-state index contributed by atoms with van der Waals surface area (Å²) in [5.41, 5.74) is 1.34. The summed E-state index contributed by atoms with van der Waals surface area (Å²) in [6.45, 7) is 0. The Hall–Kier alpha value is -2.95. The Morgan fingerprint density at radius 1 is 0.972 bits per heavy atom. The maximum atomic E-state index is 13.7. The minimum atomic E-state index is -0.506. The number of rotatable bonds is 3. The van der Waals surface area contributed by atoms with Gasteiger partial charge in [-0.2, -0.15) is 0 Å². The van der Waals surface area contributed by atoms with Gasteiger partial charge in [0.1, 0.15) is 0 Å². The first-order valence-electron chi connectivity index (χ1n) is 11.6. The van der Waals surface area contributed by atoms with Gasteiger partial charge in [-0.3, -0.25) is 29.4 Å². The summed E-state index contributed by atoms with van der Waals surface area (Å²) in [5.74, 6) is -1.22. The van der Waals surface area contributed by atoms with E-state index in [0.717, 1.165) is 21.9 Å². The van der Waals surface area contributed by atoms with Gasteiger partial charge >= 0.3 is 4.87 Å². The fourth-order valence-corrected chi connectivity index (χ4v) is 10.1. The number of non-ortho nitro benzene ring substituents is 1. The maximum absolute atomic E-state index is 13.7. The minimum Gasteiger partial charge on any atom is -0.307 e. The van der Waals surface area contributed by atoms with E-state index in [2.05, 4.69) is 4.98 Å². The Bertz CT molecular complexity index is 1500. The molecule has 7 atom stereocenters. The number of carbonyl (C=O) groups is 2. The summed E-state index contributed by atoms with van der Waals surface area (Å²) in [5, 5.41) is 12.6. The van der Waals surface area contributed by atoms with E-state index in [9.17, 15) is 24.5 Å². The van der Waals surface area contributed by atoms with Crippen LogP contribution in [0.15, 0.2) is 58.4 Å². The number of amides is 2. The number of carbonyl (C=O) groups excluding carboxylic acids is 2. The van der Waals surface area contributed by atoms with Crippen molar-refractivity contribution in [3.05, 3.63) is 83.8 Å². The van der Waals surface area contributed by atoms with E-state index in [1.165, 1.54) is 40.5 Å². The Labute approximate surface area is 217 Å². The van der Waals surface area contributed by atoms with E-state index in [-0.39, 0.29) is 51.3 Å². The van der Waals surface area contributed by atoms with Crippen LogP contribution in [-0.2, 0) is 9.59 Å². The molecule has 1 saturated heterocycles. The topological polar surface area (TPSA) is 113 Å². The molecule has 8 nitrogen and oxygen atoms in total. The summed E-state index contributed by atoms with van der Waals surface area (Å²) in [6.07, 6.45) is 0.798. The van der Waals surface area contributed by atoms with E-state index in [0.29, 0.717) is 10.7 Å². The lowest BCUT2D eigenvalue weighted by molar-refractivity contribution is -0.384. The Balaban J connectivity index is 1.29. The van der Waals surface area contributed by atoms with Crippen LogP contribution >= 0.6 is 34.7 Å². The van der Waals surface area contributed by atoms with E-state index >= 15 is 0 Å². The molecule has 3 aromatic rings. The third-order valence-corrected chi connectivity index (χ3v) is 11.1. The van der Waals surface area contributed by atoms with Gasteiger partial charge in [0.15, 0.2) is 0 Å². The number of H-pyrrole nitrogens is 1. The molecule has 11 heteroatoms. The number of thioether (sulfide) groups is 1. The summed E-state index contributed by atoms with van der Waals surface area (Å²) >= 11 is 9.01. The molecule has 2 bridgehead atoms. The molecule has 1 aromatic heterocycles. The lowest BCUT2D eigenvalue weighted by atomic mass is 9.68. The molecule has 1 N–H and O–H groups in total. The number of thiazole rings is 1. The van der Waals surface area contributed by atoms with Crippen LogP contribution in [-0.4, -0.2) is 27.0 Å². The van der Waals surface area contributed by atoms with E-state index in [1.807, 2.05) is 24.3 Å². The van der Waals surface area contributed by atoms with Crippen LogP contribution in [0, 0.1) is 39.7 Å². The number of halogens is 1. The first kappa shape index (κ1) is 22.3. The molecule has 0 radical (unpaired) electrons. The highest BCUT2D eigenvalue weighted by atomic mass is 35.5. The second kappa shape index (κ2) is 7.77. The number of imide groups is 1. The molecule has 2 aliphatic carbocycles. The van der Waals surface area contributed by atoms with Crippen LogP contribution < -0.4 is 9.77 Å². The van der Waals surface area contributed by atoms with Crippen LogP contribution in [0.1, 0.15) is 22.8 Å². The zero-order chi connectivity index (χ0) is 24.9. The van der Waals surface area contributed by atoms with Crippen LogP contribution in [0.2, 0.25) is 5.02 Å². The van der Waals surface area contributed by atoms with Crippen LogP contribution in [0.25, 0.3) is 0 Å². The van der Waals surface area contributed by atoms with Gasteiger partial charge in [-0.15, -0.1) is 11.8 Å². The van der Waals surface area contributed by atoms with Crippen molar-refractivity contribution in [2.45, 2.75) is 22.6 Å². The summed E-state index contributed by atoms with van der Waals surface area (Å²) < 4.78 is 0. The maximum Gasteiger partial charge on any atom is 0.305 e. The normalized spacial score (nSPS) is 31.9. The average Bonchev–Trinajstić information content (AvgIpc) is 3.58. The van der Waals surface area contributed by atoms with Crippen LogP contribution in [0.4, 0.5) is 11.4 Å². The smallest absolute Gasteiger partial charge is 0.305 e. The highest BCUT2D eigenvalue weighted by Gasteiger charge is 2.69. The predicted molar refractivity (Wildman–Crippen MR) is 136 cm³/mol. The quantitative estimate of drug-likeness (QED) is 0.294. The number of fused-ring (bicyclic) bond motifs is 9. The molecule has 2 aliphatic heterocycles. The number of hydrogen-bond acceptors (Lipinski definition) is 7. The van der Waals surface area contributed by atoms with Crippen LogP contribution in [0.3, 0.4) is 0 Å². The number of aromatic amines is 1. The van der Waals surface area contributed by atoms with Crippen molar-refractivity contribution in [3.63, 3.8) is 0 Å². The number of hydrogen-bond donors (Lipinski definition) is 1. The summed E-state index contributed by atoms with van der Waals surface area (Å²) in [7, 11) is 0. The zero-order valence-electron chi connectivity index (χ0n) is 18.5. The van der Waals surface area contributed by atoms with Crippen molar-refractivity contribution in [2.75, 3.05) is 4.90 Å². The highest BCUT2D eigenvalue weighted by Crippen LogP contribution is 2.68. The zero-order valence-corrected chi connectivity index (χ0v) is 20.9. The molecule has 2 amide bonds. The number of anilines is 1. The third-order valence-electron chi connectivity index (χ3n) is 8.27. The Kier molecular flexibility index (Phi) is 4.81. The van der Waals surface area contributed by atoms with Gasteiger partial charge in [0, 0.05) is 33.2 Å². The number of aromatic nitrogens is 1. The molecule has 3 heterocycles. The van der Waals surface area contributed by atoms with Crippen molar-refractivity contribution in [1.82, 2.24) is 4.98 Å². The first-order chi connectivity index (χ1) is 17.3. The molecule has 2 aromatic carbocycles. The standard InChI is InChI=1S/C25H18ClN3O5S2/c26-11-3-1-10(2-4-11)16-17-14-9-15(20(17)35-22-21(16)36-25(32)27-22)19-18(14)23(30)28(24(19)31)12-5-7-13(8-6-12)29(33)34/h1-8,14-20H,9H2,(H,27,32)/t14?,15?,16-,17?,18?,19?,20?/m1/s1. The van der Waals surface area contributed by atoms with E-state index in [4.69, 9.17) is 11.6 Å². The molecular formula is C25H18ClN3O5S2. The van der Waals surface area contributed by atoms with Crippen molar-refractivity contribution in [1.29, 1.82) is 0 Å². The monoisotopic (exact) mass is 539 g/mol. The van der Waals surface area contributed by atoms with Crippen molar-refractivity contribution < 1.29 is 14.5 Å². The van der Waals surface area contributed by atoms with Crippen LogP contribution in [0.5, 0.6) is 0 Å². The largest absolute Gasteiger partial charge is 0.307 e. The number of nitrogens with zero attached hydrogens (tertiary/aromatic N) is 2. The molecule has 36 heavy (non-hydrogen) atoms. The van der Waals surface area contributed by atoms with Crippen molar-refractivity contribution in [3.8, 4) is 0 Å². The first-order valence-corrected chi connectivity index (χ1v) is 13.7. The molecule has 0 spiro atoms. The fourth-order valence-electron chi connectivity index (χ4n) is 7.04. The molecule has 4 aliphatic rings. The van der Waals surface area contributed by atoms with E-state index in [1.54, 1.807) is 11.8 Å². The SMILES string of the molecule is O=C1C2C3CC(C2C(=O)N1c1ccc([N+](=O)[O-])cc1)C1C3Sc2[nH]c(=O)sc2[C@@H]1c1ccc(Cl)cc1. The fraction of sp³-hybridized carbons (Fsp3) is 0.320. The summed E-state index contributed by atoms with van der Waals surface area (Å²) in [4.78, 5) is 55.3. The average molecular weight is 540 g/mol. The third kappa shape index (κ3) is 2.98. The Morgan fingerprint density at radius 3 is 2.31 bits per heavy atom. The molecule has 3 fully saturated rings.